The number of pyridine rings is 2. The quantitative estimate of drug-likeness (QED) is 0.169. The average molecular weight is 639 g/mol. The van der Waals surface area contributed by atoms with Crippen molar-refractivity contribution in [3.63, 3.8) is 0 Å². The van der Waals surface area contributed by atoms with Gasteiger partial charge in [0.25, 0.3) is 0 Å². The second kappa shape index (κ2) is 12.9. The second-order valence-corrected chi connectivity index (χ2v) is 12.9. The van der Waals surface area contributed by atoms with Crippen molar-refractivity contribution in [3.05, 3.63) is 188 Å². The minimum Gasteiger partial charge on any atom is -0.256 e. The molecule has 0 aliphatic heterocycles. The molecule has 0 amide bonds. The van der Waals surface area contributed by atoms with Crippen molar-refractivity contribution in [3.8, 4) is 55.9 Å². The molecule has 0 N–H and O–H groups in total. The molecule has 0 fully saturated rings. The molecule has 2 aromatic heterocycles. The SMILES string of the molecule is C1=CC(c2cc(-c3cc(-c4ccc(-c5ccccc5)cn4)cc(-c4cc5ccccc5c5ccccc45)c3)cc(-c3ccccc3)n2)=CCC1. The zero-order valence-electron chi connectivity index (χ0n) is 27.6. The molecule has 8 aromatic rings. The molecule has 0 saturated carbocycles. The zero-order valence-corrected chi connectivity index (χ0v) is 27.6. The summed E-state index contributed by atoms with van der Waals surface area (Å²) in [6.07, 6.45) is 10.9. The third kappa shape index (κ3) is 5.71. The molecule has 0 radical (unpaired) electrons. The molecular weight excluding hydrogens is 605 g/mol. The number of fused-ring (bicyclic) bond motifs is 3. The number of hydrogen-bond acceptors (Lipinski definition) is 2. The van der Waals surface area contributed by atoms with Crippen LogP contribution >= 0.6 is 0 Å². The molecule has 6 aromatic carbocycles. The zero-order chi connectivity index (χ0) is 33.3. The lowest BCUT2D eigenvalue weighted by Gasteiger charge is -2.16. The Labute approximate surface area is 292 Å². The fourth-order valence-electron chi connectivity index (χ4n) is 7.16. The molecule has 236 valence electrons. The molecule has 2 heterocycles. The first-order valence-corrected chi connectivity index (χ1v) is 17.3. The van der Waals surface area contributed by atoms with E-state index in [1.807, 2.05) is 12.3 Å². The van der Waals surface area contributed by atoms with Crippen molar-refractivity contribution in [2.75, 3.05) is 0 Å². The first kappa shape index (κ1) is 29.7. The summed E-state index contributed by atoms with van der Waals surface area (Å²) in [5, 5.41) is 4.99. The van der Waals surface area contributed by atoms with E-state index in [4.69, 9.17) is 9.97 Å². The van der Waals surface area contributed by atoms with Crippen molar-refractivity contribution >= 4 is 27.1 Å². The minimum atomic E-state index is 0.938. The van der Waals surface area contributed by atoms with Crippen LogP contribution in [0.4, 0.5) is 0 Å². The molecule has 50 heavy (non-hydrogen) atoms. The van der Waals surface area contributed by atoms with Crippen molar-refractivity contribution in [1.82, 2.24) is 9.97 Å². The maximum Gasteiger partial charge on any atom is 0.0715 e. The Hall–Kier alpha value is -6.38. The molecular formula is C48H34N2. The van der Waals surface area contributed by atoms with E-state index in [2.05, 4.69) is 170 Å². The fourth-order valence-corrected chi connectivity index (χ4v) is 7.16. The number of allylic oxidation sites excluding steroid dienone is 4. The van der Waals surface area contributed by atoms with E-state index < -0.39 is 0 Å². The van der Waals surface area contributed by atoms with Gasteiger partial charge in [-0.3, -0.25) is 4.98 Å². The highest BCUT2D eigenvalue weighted by atomic mass is 14.7. The van der Waals surface area contributed by atoms with Crippen molar-refractivity contribution < 1.29 is 0 Å². The molecule has 0 saturated heterocycles. The molecule has 0 atom stereocenters. The molecule has 9 rings (SSSR count). The maximum atomic E-state index is 5.20. The standard InChI is InChI=1S/C48H34N2/c1-4-14-33(15-5-1)37-24-25-46(49-32-37)41-27-38(26-40(28-41)45-29-36-20-10-11-21-42(36)43-22-12-13-23-44(43)45)39-30-47(34-16-6-2-7-17-34)50-48(31-39)35-18-8-3-9-19-35/h1-2,4-8,10-32H,3,9H2. The molecule has 0 unspecified atom stereocenters. The molecule has 2 nitrogen and oxygen atoms in total. The van der Waals surface area contributed by atoms with Crippen LogP contribution in [0.15, 0.2) is 182 Å². The summed E-state index contributed by atoms with van der Waals surface area (Å²) >= 11 is 0. The van der Waals surface area contributed by atoms with Gasteiger partial charge in [-0.15, -0.1) is 0 Å². The van der Waals surface area contributed by atoms with Gasteiger partial charge in [-0.1, -0.05) is 133 Å². The van der Waals surface area contributed by atoms with Crippen molar-refractivity contribution in [2.45, 2.75) is 12.8 Å². The Bertz CT molecular complexity index is 2560. The lowest BCUT2D eigenvalue weighted by Crippen LogP contribution is -1.96. The van der Waals surface area contributed by atoms with Crippen LogP contribution in [0.5, 0.6) is 0 Å². The maximum absolute atomic E-state index is 5.20. The van der Waals surface area contributed by atoms with Crippen molar-refractivity contribution in [2.24, 2.45) is 0 Å². The Kier molecular flexibility index (Phi) is 7.68. The Morgan fingerprint density at radius 1 is 0.400 bits per heavy atom. The first-order chi connectivity index (χ1) is 24.8. The van der Waals surface area contributed by atoms with Gasteiger partial charge in [0.1, 0.15) is 0 Å². The van der Waals surface area contributed by atoms with E-state index in [-0.39, 0.29) is 0 Å². The molecule has 2 heteroatoms. The summed E-state index contributed by atoms with van der Waals surface area (Å²) < 4.78 is 0. The van der Waals surface area contributed by atoms with Crippen LogP contribution in [-0.2, 0) is 0 Å². The van der Waals surface area contributed by atoms with Gasteiger partial charge in [-0.25, -0.2) is 4.98 Å². The second-order valence-electron chi connectivity index (χ2n) is 12.9. The smallest absolute Gasteiger partial charge is 0.0715 e. The highest BCUT2D eigenvalue weighted by Crippen LogP contribution is 2.40. The average Bonchev–Trinajstić information content (AvgIpc) is 3.21. The van der Waals surface area contributed by atoms with E-state index >= 15 is 0 Å². The van der Waals surface area contributed by atoms with Crippen LogP contribution in [0, 0.1) is 0 Å². The first-order valence-electron chi connectivity index (χ1n) is 17.3. The lowest BCUT2D eigenvalue weighted by atomic mass is 9.89. The third-order valence-electron chi connectivity index (χ3n) is 9.70. The van der Waals surface area contributed by atoms with E-state index in [9.17, 15) is 0 Å². The molecule has 0 bridgehead atoms. The monoisotopic (exact) mass is 638 g/mol. The number of nitrogens with zero attached hydrogens (tertiary/aromatic N) is 2. The predicted molar refractivity (Wildman–Crippen MR) is 211 cm³/mol. The Balaban J connectivity index is 1.28. The summed E-state index contributed by atoms with van der Waals surface area (Å²) in [6.45, 7) is 0. The normalized spacial score (nSPS) is 12.7. The van der Waals surface area contributed by atoms with Gasteiger partial charge in [0.15, 0.2) is 0 Å². The molecule has 1 aliphatic carbocycles. The van der Waals surface area contributed by atoms with Gasteiger partial charge < -0.3 is 0 Å². The highest BCUT2D eigenvalue weighted by molar-refractivity contribution is 6.14. The van der Waals surface area contributed by atoms with Gasteiger partial charge in [-0.2, -0.15) is 0 Å². The van der Waals surface area contributed by atoms with Crippen LogP contribution in [0.3, 0.4) is 0 Å². The van der Waals surface area contributed by atoms with E-state index in [1.54, 1.807) is 0 Å². The van der Waals surface area contributed by atoms with Crippen LogP contribution in [0.1, 0.15) is 18.5 Å². The van der Waals surface area contributed by atoms with Gasteiger partial charge in [-0.05, 0) is 110 Å². The predicted octanol–water partition coefficient (Wildman–Crippen LogP) is 12.9. The topological polar surface area (TPSA) is 25.8 Å². The summed E-state index contributed by atoms with van der Waals surface area (Å²) in [5.74, 6) is 0. The summed E-state index contributed by atoms with van der Waals surface area (Å²) in [5.41, 5.74) is 13.1. The molecule has 0 spiro atoms. The van der Waals surface area contributed by atoms with Gasteiger partial charge in [0.2, 0.25) is 0 Å². The lowest BCUT2D eigenvalue weighted by molar-refractivity contribution is 1.04. The Morgan fingerprint density at radius 2 is 1.06 bits per heavy atom. The Morgan fingerprint density at radius 3 is 1.82 bits per heavy atom. The summed E-state index contributed by atoms with van der Waals surface area (Å²) in [7, 11) is 0. The number of hydrogen-bond donors (Lipinski definition) is 0. The highest BCUT2D eigenvalue weighted by Gasteiger charge is 2.16. The summed E-state index contributed by atoms with van der Waals surface area (Å²) in [6, 6.07) is 56.5. The van der Waals surface area contributed by atoms with Crippen LogP contribution in [-0.4, -0.2) is 9.97 Å². The van der Waals surface area contributed by atoms with E-state index in [0.717, 1.165) is 68.9 Å². The minimum absolute atomic E-state index is 0.938. The number of benzene rings is 6. The molecule has 1 aliphatic rings. The fraction of sp³-hybridized carbons (Fsp3) is 0.0417. The third-order valence-corrected chi connectivity index (χ3v) is 9.70. The van der Waals surface area contributed by atoms with Gasteiger partial charge in [0, 0.05) is 22.9 Å². The summed E-state index contributed by atoms with van der Waals surface area (Å²) in [4.78, 5) is 10.2. The van der Waals surface area contributed by atoms with Gasteiger partial charge in [0.05, 0.1) is 17.1 Å². The number of rotatable bonds is 6. The number of aromatic nitrogens is 2. The van der Waals surface area contributed by atoms with Gasteiger partial charge >= 0.3 is 0 Å². The van der Waals surface area contributed by atoms with Crippen molar-refractivity contribution in [1.29, 1.82) is 0 Å². The van der Waals surface area contributed by atoms with Crippen LogP contribution < -0.4 is 0 Å². The van der Waals surface area contributed by atoms with Crippen LogP contribution in [0.2, 0.25) is 0 Å². The van der Waals surface area contributed by atoms with Crippen LogP contribution in [0.25, 0.3) is 83.0 Å². The van der Waals surface area contributed by atoms with E-state index in [1.165, 1.54) is 32.7 Å². The largest absolute Gasteiger partial charge is 0.256 e. The van der Waals surface area contributed by atoms with E-state index in [0.29, 0.717) is 0 Å².